The van der Waals surface area contributed by atoms with Crippen molar-refractivity contribution in [1.82, 2.24) is 20.0 Å². The van der Waals surface area contributed by atoms with E-state index in [1.54, 1.807) is 11.3 Å². The lowest BCUT2D eigenvalue weighted by atomic mass is 10.1. The molecule has 1 aliphatic rings. The van der Waals surface area contributed by atoms with E-state index in [4.69, 9.17) is 11.6 Å². The van der Waals surface area contributed by atoms with Gasteiger partial charge in [-0.25, -0.2) is 0 Å². The van der Waals surface area contributed by atoms with E-state index in [-0.39, 0.29) is 11.9 Å². The maximum Gasteiger partial charge on any atom is 0.274 e. The number of rotatable bonds is 4. The van der Waals surface area contributed by atoms with Crippen molar-refractivity contribution in [1.29, 1.82) is 0 Å². The van der Waals surface area contributed by atoms with Gasteiger partial charge in [0.1, 0.15) is 0 Å². The number of hydrogen-bond acceptors (Lipinski definition) is 4. The quantitative estimate of drug-likeness (QED) is 0.709. The van der Waals surface area contributed by atoms with Crippen LogP contribution in [0.3, 0.4) is 0 Å². The highest BCUT2D eigenvalue weighted by atomic mass is 35.5. The average molecular weight is 401 g/mol. The fourth-order valence-electron chi connectivity index (χ4n) is 3.47. The molecule has 1 aliphatic heterocycles. The fraction of sp³-hybridized carbons (Fsp3) is 0.300. The summed E-state index contributed by atoms with van der Waals surface area (Å²) in [5.41, 5.74) is 2.50. The predicted octanol–water partition coefficient (Wildman–Crippen LogP) is 4.31. The van der Waals surface area contributed by atoms with Crippen molar-refractivity contribution >= 4 is 28.8 Å². The molecule has 0 bridgehead atoms. The molecule has 1 atom stereocenters. The number of aromatic nitrogens is 2. The van der Waals surface area contributed by atoms with Gasteiger partial charge in [-0.05, 0) is 36.1 Å². The van der Waals surface area contributed by atoms with Gasteiger partial charge in [0.05, 0.1) is 10.6 Å². The number of carbonyl (C=O) groups is 1. The molecule has 1 fully saturated rings. The number of benzene rings is 1. The van der Waals surface area contributed by atoms with Gasteiger partial charge in [0.15, 0.2) is 5.69 Å². The third-order valence-corrected chi connectivity index (χ3v) is 6.34. The van der Waals surface area contributed by atoms with Crippen molar-refractivity contribution in [3.63, 3.8) is 0 Å². The Bertz CT molecular complexity index is 916. The summed E-state index contributed by atoms with van der Waals surface area (Å²) in [5.74, 6) is -0.0147. The Morgan fingerprint density at radius 3 is 2.67 bits per heavy atom. The van der Waals surface area contributed by atoms with E-state index in [2.05, 4.69) is 28.1 Å². The van der Waals surface area contributed by atoms with E-state index < -0.39 is 0 Å². The van der Waals surface area contributed by atoms with Gasteiger partial charge in [0.2, 0.25) is 0 Å². The predicted molar refractivity (Wildman–Crippen MR) is 109 cm³/mol. The molecule has 1 unspecified atom stereocenters. The van der Waals surface area contributed by atoms with Crippen LogP contribution in [0, 0.1) is 0 Å². The minimum absolute atomic E-state index is 0.0147. The zero-order valence-electron chi connectivity index (χ0n) is 15.1. The summed E-state index contributed by atoms with van der Waals surface area (Å²) in [6.07, 6.45) is 0. The molecule has 1 aromatic carbocycles. The molecule has 0 spiro atoms. The first-order chi connectivity index (χ1) is 13.1. The molecule has 4 rings (SSSR count). The number of piperazine rings is 1. The van der Waals surface area contributed by atoms with Gasteiger partial charge in [0, 0.05) is 37.2 Å². The minimum Gasteiger partial charge on any atom is -0.335 e. The van der Waals surface area contributed by atoms with Gasteiger partial charge in [-0.15, -0.1) is 11.3 Å². The molecule has 3 aromatic rings. The molecule has 1 saturated heterocycles. The number of nitrogens with zero attached hydrogens (tertiary/aromatic N) is 3. The highest BCUT2D eigenvalue weighted by Gasteiger charge is 2.27. The van der Waals surface area contributed by atoms with Gasteiger partial charge in [0.25, 0.3) is 5.91 Å². The van der Waals surface area contributed by atoms with Crippen LogP contribution in [0.1, 0.15) is 29.0 Å². The highest BCUT2D eigenvalue weighted by molar-refractivity contribution is 7.13. The van der Waals surface area contributed by atoms with E-state index in [9.17, 15) is 4.79 Å². The Morgan fingerprint density at radius 2 is 1.96 bits per heavy atom. The van der Waals surface area contributed by atoms with Crippen molar-refractivity contribution in [2.75, 3.05) is 26.2 Å². The van der Waals surface area contributed by atoms with Crippen molar-refractivity contribution in [3.8, 4) is 10.6 Å². The second kappa shape index (κ2) is 7.84. The number of halogens is 1. The van der Waals surface area contributed by atoms with Crippen LogP contribution in [0.15, 0.2) is 47.8 Å². The molecular formula is C20H21ClN4OS. The maximum atomic E-state index is 12.8. The van der Waals surface area contributed by atoms with Crippen LogP contribution in [-0.2, 0) is 0 Å². The number of amides is 1. The highest BCUT2D eigenvalue weighted by Crippen LogP contribution is 2.28. The molecule has 0 saturated carbocycles. The van der Waals surface area contributed by atoms with E-state index in [1.165, 1.54) is 0 Å². The summed E-state index contributed by atoms with van der Waals surface area (Å²) in [7, 11) is 0. The third kappa shape index (κ3) is 3.78. The number of thiophene rings is 1. The smallest absolute Gasteiger partial charge is 0.274 e. The van der Waals surface area contributed by atoms with Gasteiger partial charge >= 0.3 is 0 Å². The van der Waals surface area contributed by atoms with Crippen molar-refractivity contribution in [2.45, 2.75) is 13.0 Å². The van der Waals surface area contributed by atoms with E-state index in [0.717, 1.165) is 34.2 Å². The Hall–Kier alpha value is -2.15. The summed E-state index contributed by atoms with van der Waals surface area (Å²) in [5, 5.41) is 9.99. The molecule has 3 heterocycles. The van der Waals surface area contributed by atoms with Crippen LogP contribution in [0.2, 0.25) is 5.02 Å². The van der Waals surface area contributed by atoms with Crippen LogP contribution in [-0.4, -0.2) is 52.1 Å². The molecule has 0 aliphatic carbocycles. The number of carbonyl (C=O) groups excluding carboxylic acids is 1. The summed E-state index contributed by atoms with van der Waals surface area (Å²) < 4.78 is 0. The Kier molecular flexibility index (Phi) is 5.29. The normalized spacial score (nSPS) is 16.4. The van der Waals surface area contributed by atoms with Crippen LogP contribution >= 0.6 is 22.9 Å². The molecule has 7 heteroatoms. The van der Waals surface area contributed by atoms with Gasteiger partial charge in [-0.2, -0.15) is 5.10 Å². The summed E-state index contributed by atoms with van der Waals surface area (Å²) in [4.78, 5) is 18.1. The van der Waals surface area contributed by atoms with Gasteiger partial charge in [-0.1, -0.05) is 35.9 Å². The van der Waals surface area contributed by atoms with Crippen molar-refractivity contribution in [3.05, 3.63) is 64.1 Å². The van der Waals surface area contributed by atoms with Crippen LogP contribution in [0.4, 0.5) is 0 Å². The Balaban J connectivity index is 1.39. The first-order valence-corrected chi connectivity index (χ1v) is 10.3. The molecule has 0 radical (unpaired) electrons. The zero-order valence-corrected chi connectivity index (χ0v) is 16.6. The van der Waals surface area contributed by atoms with Crippen LogP contribution < -0.4 is 0 Å². The van der Waals surface area contributed by atoms with E-state index in [1.807, 2.05) is 46.7 Å². The SMILES string of the molecule is CC(c1ccccc1Cl)N1CCN(C(=O)c2cc(-c3cccs3)[nH]n2)CC1. The monoisotopic (exact) mass is 400 g/mol. The zero-order chi connectivity index (χ0) is 18.8. The maximum absolute atomic E-state index is 12.8. The summed E-state index contributed by atoms with van der Waals surface area (Å²) in [6, 6.07) is 14.0. The van der Waals surface area contributed by atoms with Crippen LogP contribution in [0.5, 0.6) is 0 Å². The second-order valence-corrected chi connectivity index (χ2v) is 8.02. The molecule has 1 N–H and O–H groups in total. The number of hydrogen-bond donors (Lipinski definition) is 1. The van der Waals surface area contributed by atoms with Gasteiger partial charge in [-0.3, -0.25) is 14.8 Å². The first kappa shape index (κ1) is 18.2. The lowest BCUT2D eigenvalue weighted by Crippen LogP contribution is -2.49. The molecule has 2 aromatic heterocycles. The number of aromatic amines is 1. The lowest BCUT2D eigenvalue weighted by molar-refractivity contribution is 0.0576. The second-order valence-electron chi connectivity index (χ2n) is 6.67. The van der Waals surface area contributed by atoms with Gasteiger partial charge < -0.3 is 4.90 Å². The molecular weight excluding hydrogens is 380 g/mol. The fourth-order valence-corrected chi connectivity index (χ4v) is 4.46. The summed E-state index contributed by atoms with van der Waals surface area (Å²) >= 11 is 7.97. The standard InChI is InChI=1S/C20H21ClN4OS/c1-14(15-5-2-3-6-16(15)21)24-8-10-25(11-9-24)20(26)18-13-17(22-23-18)19-7-4-12-27-19/h2-7,12-14H,8-11H2,1H3,(H,22,23). The van der Waals surface area contributed by atoms with E-state index >= 15 is 0 Å². The van der Waals surface area contributed by atoms with Crippen molar-refractivity contribution in [2.24, 2.45) is 0 Å². The molecule has 1 amide bonds. The largest absolute Gasteiger partial charge is 0.335 e. The first-order valence-electron chi connectivity index (χ1n) is 9.00. The third-order valence-electron chi connectivity index (χ3n) is 5.09. The lowest BCUT2D eigenvalue weighted by Gasteiger charge is -2.38. The molecule has 5 nitrogen and oxygen atoms in total. The summed E-state index contributed by atoms with van der Waals surface area (Å²) in [6.45, 7) is 5.18. The molecule has 140 valence electrons. The van der Waals surface area contributed by atoms with Crippen molar-refractivity contribution < 1.29 is 4.79 Å². The number of nitrogens with one attached hydrogen (secondary N) is 1. The minimum atomic E-state index is -0.0147. The Morgan fingerprint density at radius 1 is 1.19 bits per heavy atom. The molecule has 27 heavy (non-hydrogen) atoms. The van der Waals surface area contributed by atoms with E-state index in [0.29, 0.717) is 18.8 Å². The number of H-pyrrole nitrogens is 1. The Labute approximate surface area is 167 Å². The van der Waals surface area contributed by atoms with Crippen LogP contribution in [0.25, 0.3) is 10.6 Å². The topological polar surface area (TPSA) is 52.2 Å². The average Bonchev–Trinajstić information content (AvgIpc) is 3.39.